The number of primary amides is 6. The molecule has 6 amide bonds. The van der Waals surface area contributed by atoms with Crippen molar-refractivity contribution in [1.29, 1.82) is 0 Å². The van der Waals surface area contributed by atoms with E-state index in [1.807, 2.05) is 0 Å². The molecule has 0 aliphatic rings. The molecule has 0 fully saturated rings. The van der Waals surface area contributed by atoms with Crippen LogP contribution in [0.4, 0.5) is 0 Å². The SMILES string of the molecule is NC(=O)c1ccc[nH+]c1.NC(=O)c1ccc[nH+]c1.NC(=O)c1ccc[nH+]c1.NC(=O)c1ccc[nH+]c1.NC(=O)c1ccc[nH+]c1.NC(=O)c1ccc[nH+]c1.O.O.[O-2].[O-2].[O-2].[O-2].[O-2].[O-2].[O-2].[O-2].[O-2].[O-2].[O-2].[O-2].[O-2].[O-2].[O-2].[O-2].[O-2].[O-2].[O-2].[O-2].[O-2].[O-2].[O-2].[O-2].[O-2].[O-2].[O-2].[O-2].[V].[V].[V].[V].[V].[V].[V].[V].[V].[V]. The van der Waals surface area contributed by atoms with E-state index in [-0.39, 0.29) is 350 Å². The Morgan fingerprint density at radius 2 is 0.266 bits per heavy atom. The van der Waals surface area contributed by atoms with Gasteiger partial charge in [-0.15, -0.1) is 0 Å². The molecule has 0 atom stereocenters. The number of rotatable bonds is 6. The topological polar surface area (TPSA) is 1200 Å². The smallest absolute Gasteiger partial charge is 0.254 e. The van der Waals surface area contributed by atoms with Crippen LogP contribution in [-0.2, 0) is 339 Å². The number of pyridine rings is 6. The van der Waals surface area contributed by atoms with E-state index in [1.165, 1.54) is 0 Å². The fourth-order valence-corrected chi connectivity index (χ4v) is 3.28. The zero-order valence-electron chi connectivity index (χ0n) is 45.7. The number of nitrogens with one attached hydrogen (secondary N) is 6. The molecule has 0 saturated heterocycles. The van der Waals surface area contributed by atoms with Gasteiger partial charge in [-0.3, -0.25) is 28.8 Å². The standard InChI is InChI=1S/6C6H6N2O.2H2O.28O.10V/c6*7-6(9)5-2-1-3-8-4-5;;;;;;;;;;;;;;;;;;;;;;;;;;;;;;;;;;;;;;;;/h6*1-4H,(H2,7,9);2*1H2;;;;;;;;;;;;;;;;;;;;;;;;;;;;;;;;;;;;;;/q;;;;;;;;28*-2;;;;;;;;;;/p+6. The van der Waals surface area contributed by atoms with Gasteiger partial charge >= 0.3 is 0 Å². The van der Waals surface area contributed by atoms with Crippen LogP contribution in [0.3, 0.4) is 0 Å². The summed E-state index contributed by atoms with van der Waals surface area (Å²) in [6.07, 6.45) is 19.6. The van der Waals surface area contributed by atoms with Gasteiger partial charge in [0.1, 0.15) is 33.4 Å². The summed E-state index contributed by atoms with van der Waals surface area (Å²) >= 11 is 0. The first-order chi connectivity index (χ1) is 25.8. The number of carbonyl (C=O) groups excluding carboxylic acids is 6. The molecule has 58 heteroatoms. The van der Waals surface area contributed by atoms with Gasteiger partial charge in [0.25, 0.3) is 35.4 Å². The van der Waals surface area contributed by atoms with Crippen molar-refractivity contribution in [2.24, 2.45) is 34.4 Å². The van der Waals surface area contributed by atoms with Crippen molar-refractivity contribution in [2.45, 2.75) is 0 Å². The van der Waals surface area contributed by atoms with Crippen molar-refractivity contribution < 1.29 is 409 Å². The summed E-state index contributed by atoms with van der Waals surface area (Å²) in [5.74, 6) is -2.46. The van der Waals surface area contributed by atoms with Crippen molar-refractivity contribution in [1.82, 2.24) is 0 Å². The maximum atomic E-state index is 10.4. The number of H-pyrrole nitrogens is 6. The molecule has 6 aromatic heterocycles. The third-order valence-electron chi connectivity index (χ3n) is 5.95. The molecule has 22 N–H and O–H groups in total. The van der Waals surface area contributed by atoms with Crippen molar-refractivity contribution in [3.8, 4) is 0 Å². The quantitative estimate of drug-likeness (QED) is 0.0941. The summed E-state index contributed by atoms with van der Waals surface area (Å²) in [7, 11) is 0. The van der Waals surface area contributed by atoms with Crippen LogP contribution in [0.2, 0.25) is 0 Å². The fourth-order valence-electron chi connectivity index (χ4n) is 3.28. The molecule has 6 heterocycles. The van der Waals surface area contributed by atoms with E-state index in [0.717, 1.165) is 0 Å². The summed E-state index contributed by atoms with van der Waals surface area (Å²) in [4.78, 5) is 78.9. The summed E-state index contributed by atoms with van der Waals surface area (Å²) in [6.45, 7) is 0. The molecule has 0 unspecified atom stereocenters. The first kappa shape index (κ1) is 284. The minimum atomic E-state index is -0.410. The Morgan fingerprint density at radius 3 is 0.298 bits per heavy atom. The van der Waals surface area contributed by atoms with Crippen molar-refractivity contribution in [3.05, 3.63) is 181 Å². The van der Waals surface area contributed by atoms with Crippen LogP contribution < -0.4 is 64.3 Å². The maximum Gasteiger partial charge on any atom is 0.254 e. The zero-order valence-corrected chi connectivity index (χ0v) is 59.6. The number of hydrogen-bond acceptors (Lipinski definition) is 6. The molecular formula is C36H46N12O36V10-50. The average Bonchev–Trinajstić information content (AvgIpc) is 3.21. The van der Waals surface area contributed by atoms with Gasteiger partial charge in [0.05, 0.1) is 0 Å². The van der Waals surface area contributed by atoms with Crippen molar-refractivity contribution in [3.63, 3.8) is 0 Å². The number of carbonyl (C=O) groups is 6. The largest absolute Gasteiger partial charge is 2.00 e. The number of aromatic amines is 6. The molecule has 6 rings (SSSR count). The van der Waals surface area contributed by atoms with Gasteiger partial charge < -0.3 is 199 Å². The van der Waals surface area contributed by atoms with Crippen LogP contribution in [0, 0.1) is 0 Å². The Kier molecular flexibility index (Phi) is 543. The molecular weight excluding hydrogens is 1690 g/mol. The van der Waals surface area contributed by atoms with E-state index in [1.54, 1.807) is 147 Å². The van der Waals surface area contributed by atoms with E-state index < -0.39 is 35.4 Å². The number of aromatic nitrogens is 6. The molecule has 0 aromatic carbocycles. The van der Waals surface area contributed by atoms with Crippen LogP contribution in [0.5, 0.6) is 0 Å². The minimum absolute atomic E-state index is 0. The van der Waals surface area contributed by atoms with E-state index >= 15 is 0 Å². The molecule has 0 bridgehead atoms. The molecule has 0 aliphatic carbocycles. The molecule has 6 aromatic rings. The van der Waals surface area contributed by atoms with Crippen LogP contribution in [0.25, 0.3) is 0 Å². The monoisotopic (exact) mass is 1730 g/mol. The molecule has 0 aliphatic heterocycles. The normalized spacial score (nSPS) is 5.11. The Hall–Kier alpha value is -3.64. The summed E-state index contributed by atoms with van der Waals surface area (Å²) < 4.78 is 0. The second-order valence-corrected chi connectivity index (χ2v) is 9.94. The predicted molar refractivity (Wildman–Crippen MR) is 216 cm³/mol. The van der Waals surface area contributed by atoms with Gasteiger partial charge in [-0.05, 0) is 36.4 Å². The van der Waals surface area contributed by atoms with Crippen molar-refractivity contribution in [2.75, 3.05) is 0 Å². The molecule has 0 saturated carbocycles. The Morgan fingerprint density at radius 1 is 0.191 bits per heavy atom. The molecule has 566 valence electrons. The van der Waals surface area contributed by atoms with Crippen LogP contribution >= 0.6 is 0 Å². The maximum absolute atomic E-state index is 10.4. The predicted octanol–water partition coefficient (Wildman–Crippen LogP) is -7.40. The van der Waals surface area contributed by atoms with Gasteiger partial charge in [-0.2, -0.15) is 0 Å². The second-order valence-electron chi connectivity index (χ2n) is 9.94. The van der Waals surface area contributed by atoms with E-state index in [2.05, 4.69) is 29.9 Å². The minimum Gasteiger partial charge on any atom is -2.00 e. The zero-order chi connectivity index (χ0) is 40.1. The Balaban J connectivity index is -0.00000000903. The number of nitrogens with two attached hydrogens (primary N) is 6. The van der Waals surface area contributed by atoms with E-state index in [9.17, 15) is 28.8 Å². The van der Waals surface area contributed by atoms with Gasteiger partial charge in [-0.1, -0.05) is 0 Å². The third-order valence-corrected chi connectivity index (χ3v) is 5.95. The van der Waals surface area contributed by atoms with Gasteiger partial charge in [0.2, 0.25) is 0 Å². The van der Waals surface area contributed by atoms with Crippen LogP contribution in [0.15, 0.2) is 147 Å². The van der Waals surface area contributed by atoms with Crippen LogP contribution in [0.1, 0.15) is 62.1 Å². The second kappa shape index (κ2) is 179. The number of hydrogen-bond donors (Lipinski definition) is 6. The summed E-state index contributed by atoms with van der Waals surface area (Å²) in [5, 5.41) is 0. The van der Waals surface area contributed by atoms with E-state index in [4.69, 9.17) is 34.4 Å². The molecule has 0 spiro atoms. The van der Waals surface area contributed by atoms with Gasteiger partial charge in [0.15, 0.2) is 74.4 Å². The first-order valence-electron chi connectivity index (χ1n) is 15.4. The average molecular weight is 1730 g/mol. The summed E-state index contributed by atoms with van der Waals surface area (Å²) in [5.41, 5.74) is 32.7. The van der Waals surface area contributed by atoms with Gasteiger partial charge in [-0.25, -0.2) is 29.9 Å². The van der Waals surface area contributed by atoms with E-state index in [0.29, 0.717) is 33.4 Å². The van der Waals surface area contributed by atoms with Crippen molar-refractivity contribution >= 4 is 35.4 Å². The summed E-state index contributed by atoms with van der Waals surface area (Å²) in [6, 6.07) is 20.2. The molecule has 94 heavy (non-hydrogen) atoms. The third kappa shape index (κ3) is 144. The number of amides is 6. The molecule has 48 nitrogen and oxygen atoms in total. The van der Waals surface area contributed by atoms with Gasteiger partial charge in [0, 0.05) is 222 Å². The molecule has 10 radical (unpaired) electrons. The Labute approximate surface area is 653 Å². The fraction of sp³-hybridized carbons (Fsp3) is 0. The first-order valence-corrected chi connectivity index (χ1v) is 15.4. The Bertz CT molecular complexity index is 1730. The van der Waals surface area contributed by atoms with Crippen LogP contribution in [-0.4, -0.2) is 46.4 Å².